The van der Waals surface area contributed by atoms with Gasteiger partial charge in [0.05, 0.1) is 4.92 Å². The summed E-state index contributed by atoms with van der Waals surface area (Å²) in [6.07, 6.45) is 1.88. The molecule has 0 aliphatic carbocycles. The number of nitro groups is 1. The second-order valence-corrected chi connectivity index (χ2v) is 8.02. The molecule has 0 aliphatic rings. The number of nitrogens with zero attached hydrogens (tertiary/aromatic N) is 1. The van der Waals surface area contributed by atoms with E-state index in [1.165, 1.54) is 24.3 Å². The summed E-state index contributed by atoms with van der Waals surface area (Å²) in [5, 5.41) is 11.0. The molecular formula is C29H25NO7. The highest BCUT2D eigenvalue weighted by molar-refractivity contribution is 5.80. The number of hydrogen-bond acceptors (Lipinski definition) is 7. The van der Waals surface area contributed by atoms with Crippen molar-refractivity contribution in [2.24, 2.45) is 0 Å². The maximum absolute atomic E-state index is 13.7. The smallest absolute Gasteiger partial charge is 0.418 e. The van der Waals surface area contributed by atoms with Gasteiger partial charge < -0.3 is 18.9 Å². The van der Waals surface area contributed by atoms with E-state index < -0.39 is 16.9 Å². The number of para-hydroxylation sites is 2. The summed E-state index contributed by atoms with van der Waals surface area (Å²) in [6.45, 7) is 2.09. The molecule has 37 heavy (non-hydrogen) atoms. The molecule has 0 aliphatic heterocycles. The number of rotatable bonds is 11. The zero-order valence-corrected chi connectivity index (χ0v) is 20.1. The lowest BCUT2D eigenvalue weighted by Crippen LogP contribution is -2.57. The molecule has 8 nitrogen and oxygen atoms in total. The summed E-state index contributed by atoms with van der Waals surface area (Å²) in [5.74, 6) is -2.46. The van der Waals surface area contributed by atoms with Gasteiger partial charge in [0.2, 0.25) is 0 Å². The SMILES string of the molecule is CCCc1ccc(OC(Oc2ccccc2)(Oc2ccccc2)C(=O)Oc2ccc([N+](=O)[O-])cc2)cc1. The largest absolute Gasteiger partial charge is 0.524 e. The predicted molar refractivity (Wildman–Crippen MR) is 137 cm³/mol. The Kier molecular flexibility index (Phi) is 8.00. The van der Waals surface area contributed by atoms with Crippen molar-refractivity contribution in [3.05, 3.63) is 125 Å². The molecule has 4 rings (SSSR count). The molecule has 0 N–H and O–H groups in total. The van der Waals surface area contributed by atoms with Gasteiger partial charge in [-0.05, 0) is 60.5 Å². The first-order valence-electron chi connectivity index (χ1n) is 11.7. The molecule has 0 aromatic heterocycles. The minimum atomic E-state index is -2.39. The van der Waals surface area contributed by atoms with Crippen LogP contribution in [0, 0.1) is 10.1 Å². The highest BCUT2D eigenvalue weighted by Crippen LogP contribution is 2.29. The molecule has 0 spiro atoms. The molecule has 188 valence electrons. The number of hydrogen-bond donors (Lipinski definition) is 0. The van der Waals surface area contributed by atoms with Gasteiger partial charge in [-0.1, -0.05) is 61.9 Å². The van der Waals surface area contributed by atoms with E-state index in [2.05, 4.69) is 6.92 Å². The third kappa shape index (κ3) is 6.64. The van der Waals surface area contributed by atoms with Crippen LogP contribution in [0.5, 0.6) is 23.0 Å². The van der Waals surface area contributed by atoms with Crippen molar-refractivity contribution in [1.82, 2.24) is 0 Å². The van der Waals surface area contributed by atoms with Crippen LogP contribution in [-0.4, -0.2) is 16.9 Å². The van der Waals surface area contributed by atoms with Gasteiger partial charge in [-0.3, -0.25) is 10.1 Å². The fraction of sp³-hybridized carbons (Fsp3) is 0.138. The Morgan fingerprint density at radius 2 is 1.16 bits per heavy atom. The topological polar surface area (TPSA) is 97.1 Å². The number of carbonyl (C=O) groups is 1. The van der Waals surface area contributed by atoms with E-state index in [0.717, 1.165) is 18.4 Å². The first-order chi connectivity index (χ1) is 18.0. The molecule has 0 saturated heterocycles. The van der Waals surface area contributed by atoms with Gasteiger partial charge >= 0.3 is 11.9 Å². The van der Waals surface area contributed by atoms with E-state index in [0.29, 0.717) is 17.2 Å². The standard InChI is InChI=1S/C29H25NO7/c1-2-9-22-14-18-27(19-15-22)37-29(35-25-10-5-3-6-11-25,36-26-12-7-4-8-13-26)28(31)34-24-20-16-23(17-21-24)30(32)33/h3-8,10-21H,2,9H2,1H3. The van der Waals surface area contributed by atoms with Crippen molar-refractivity contribution >= 4 is 11.7 Å². The van der Waals surface area contributed by atoms with Gasteiger partial charge in [-0.2, -0.15) is 0 Å². The van der Waals surface area contributed by atoms with Crippen LogP contribution in [0.2, 0.25) is 0 Å². The third-order valence-corrected chi connectivity index (χ3v) is 5.21. The molecule has 0 fully saturated rings. The van der Waals surface area contributed by atoms with Crippen LogP contribution in [-0.2, 0) is 11.2 Å². The Balaban J connectivity index is 1.73. The van der Waals surface area contributed by atoms with Crippen LogP contribution < -0.4 is 18.9 Å². The van der Waals surface area contributed by atoms with Gasteiger partial charge in [0.15, 0.2) is 0 Å². The molecule has 0 unspecified atom stereocenters. The van der Waals surface area contributed by atoms with Crippen LogP contribution in [0.3, 0.4) is 0 Å². The van der Waals surface area contributed by atoms with Crippen molar-refractivity contribution in [3.63, 3.8) is 0 Å². The molecule has 0 saturated carbocycles. The van der Waals surface area contributed by atoms with Crippen LogP contribution in [0.4, 0.5) is 5.69 Å². The maximum atomic E-state index is 13.7. The lowest BCUT2D eigenvalue weighted by molar-refractivity contribution is -0.384. The van der Waals surface area contributed by atoms with Crippen molar-refractivity contribution in [3.8, 4) is 23.0 Å². The number of aryl methyl sites for hydroxylation is 1. The van der Waals surface area contributed by atoms with Crippen LogP contribution in [0.25, 0.3) is 0 Å². The van der Waals surface area contributed by atoms with Gasteiger partial charge in [0, 0.05) is 12.1 Å². The number of carbonyl (C=O) groups excluding carboxylic acids is 1. The van der Waals surface area contributed by atoms with Gasteiger partial charge in [0.25, 0.3) is 5.69 Å². The Hall–Kier alpha value is -4.85. The summed E-state index contributed by atoms with van der Waals surface area (Å²) in [5.41, 5.74) is 0.970. The van der Waals surface area contributed by atoms with Gasteiger partial charge in [0.1, 0.15) is 23.0 Å². The average molecular weight is 500 g/mol. The first kappa shape index (κ1) is 25.2. The van der Waals surface area contributed by atoms with E-state index in [4.69, 9.17) is 18.9 Å². The normalized spacial score (nSPS) is 10.8. The minimum Gasteiger partial charge on any atom is -0.418 e. The van der Waals surface area contributed by atoms with Crippen LogP contribution in [0.1, 0.15) is 18.9 Å². The zero-order chi connectivity index (χ0) is 26.1. The maximum Gasteiger partial charge on any atom is 0.524 e. The van der Waals surface area contributed by atoms with E-state index in [9.17, 15) is 14.9 Å². The van der Waals surface area contributed by atoms with Crippen molar-refractivity contribution in [2.45, 2.75) is 25.7 Å². The summed E-state index contributed by atoms with van der Waals surface area (Å²) in [7, 11) is 0. The summed E-state index contributed by atoms with van der Waals surface area (Å²) >= 11 is 0. The highest BCUT2D eigenvalue weighted by atomic mass is 16.9. The molecule has 0 heterocycles. The molecule has 8 heteroatoms. The van der Waals surface area contributed by atoms with Crippen LogP contribution in [0.15, 0.2) is 109 Å². The Morgan fingerprint density at radius 3 is 1.62 bits per heavy atom. The fourth-order valence-electron chi connectivity index (χ4n) is 3.45. The molecule has 4 aromatic rings. The number of non-ortho nitro benzene ring substituents is 1. The number of benzene rings is 4. The third-order valence-electron chi connectivity index (χ3n) is 5.21. The van der Waals surface area contributed by atoms with E-state index in [1.807, 2.05) is 12.1 Å². The predicted octanol–water partition coefficient (Wildman–Crippen LogP) is 6.34. The second-order valence-electron chi connectivity index (χ2n) is 8.02. The molecule has 4 aromatic carbocycles. The zero-order valence-electron chi connectivity index (χ0n) is 20.1. The molecule has 0 amide bonds. The molecular weight excluding hydrogens is 474 g/mol. The first-order valence-corrected chi connectivity index (χ1v) is 11.7. The quantitative estimate of drug-likeness (QED) is 0.0780. The minimum absolute atomic E-state index is 0.0511. The Morgan fingerprint density at radius 1 is 0.703 bits per heavy atom. The van der Waals surface area contributed by atoms with Gasteiger partial charge in [-0.15, -0.1) is 0 Å². The molecule has 0 bridgehead atoms. The fourth-order valence-corrected chi connectivity index (χ4v) is 3.45. The Labute approximate surface area is 214 Å². The summed E-state index contributed by atoms with van der Waals surface area (Å²) < 4.78 is 23.8. The van der Waals surface area contributed by atoms with E-state index >= 15 is 0 Å². The monoisotopic (exact) mass is 499 g/mol. The number of esters is 1. The number of ether oxygens (including phenoxy) is 4. The Bertz CT molecular complexity index is 1270. The van der Waals surface area contributed by atoms with Crippen LogP contribution >= 0.6 is 0 Å². The molecule has 0 atom stereocenters. The lowest BCUT2D eigenvalue weighted by atomic mass is 10.1. The second kappa shape index (κ2) is 11.7. The summed E-state index contributed by atoms with van der Waals surface area (Å²) in [4.78, 5) is 24.2. The van der Waals surface area contributed by atoms with Gasteiger partial charge in [-0.25, -0.2) is 4.79 Å². The lowest BCUT2D eigenvalue weighted by Gasteiger charge is -2.31. The average Bonchev–Trinajstić information content (AvgIpc) is 2.91. The van der Waals surface area contributed by atoms with Crippen molar-refractivity contribution in [2.75, 3.05) is 0 Å². The van der Waals surface area contributed by atoms with E-state index in [-0.39, 0.29) is 11.4 Å². The summed E-state index contributed by atoms with van der Waals surface area (Å²) in [6, 6.07) is 29.5. The van der Waals surface area contributed by atoms with Crippen molar-refractivity contribution < 1.29 is 28.7 Å². The number of nitro benzene ring substituents is 1. The highest BCUT2D eigenvalue weighted by Gasteiger charge is 2.51. The molecule has 0 radical (unpaired) electrons. The van der Waals surface area contributed by atoms with E-state index in [1.54, 1.807) is 72.8 Å². The van der Waals surface area contributed by atoms with Crippen molar-refractivity contribution in [1.29, 1.82) is 0 Å².